The van der Waals surface area contributed by atoms with Crippen LogP contribution < -0.4 is 16.2 Å². The first-order valence-corrected chi connectivity index (χ1v) is 6.54. The summed E-state index contributed by atoms with van der Waals surface area (Å²) < 4.78 is 0. The van der Waals surface area contributed by atoms with Gasteiger partial charge in [0.25, 0.3) is 5.56 Å². The van der Waals surface area contributed by atoms with Crippen LogP contribution in [-0.2, 0) is 0 Å². The molecule has 0 aliphatic heterocycles. The molecule has 7 heteroatoms. The van der Waals surface area contributed by atoms with E-state index in [0.717, 1.165) is 5.69 Å². The van der Waals surface area contributed by atoms with Crippen molar-refractivity contribution in [3.8, 4) is 6.07 Å². The van der Waals surface area contributed by atoms with Crippen molar-refractivity contribution in [2.45, 2.75) is 0 Å². The molecular weight excluding hydrogens is 280 g/mol. The molecule has 0 amide bonds. The lowest BCUT2D eigenvalue weighted by molar-refractivity contribution is 1.16. The van der Waals surface area contributed by atoms with Crippen molar-refractivity contribution in [2.75, 3.05) is 17.7 Å². The van der Waals surface area contributed by atoms with Crippen LogP contribution in [0.2, 0.25) is 0 Å². The predicted molar refractivity (Wildman–Crippen MR) is 84.1 cm³/mol. The number of anilines is 3. The molecule has 0 radical (unpaired) electrons. The molecule has 0 saturated heterocycles. The normalized spacial score (nSPS) is 10.2. The molecular formula is C15H12N6O. The van der Waals surface area contributed by atoms with Gasteiger partial charge in [-0.15, -0.1) is 0 Å². The number of aromatic amines is 1. The van der Waals surface area contributed by atoms with Crippen LogP contribution in [0.3, 0.4) is 0 Å². The van der Waals surface area contributed by atoms with Crippen molar-refractivity contribution < 1.29 is 0 Å². The molecule has 3 N–H and O–H groups in total. The molecule has 3 rings (SSSR count). The lowest BCUT2D eigenvalue weighted by Crippen LogP contribution is -2.11. The molecule has 0 aliphatic rings. The van der Waals surface area contributed by atoms with E-state index in [1.807, 2.05) is 0 Å². The second kappa shape index (κ2) is 5.54. The predicted octanol–water partition coefficient (Wildman–Crippen LogP) is 1.98. The fraction of sp³-hybridized carbons (Fsp3) is 0.0667. The molecule has 0 saturated carbocycles. The Labute approximate surface area is 125 Å². The minimum absolute atomic E-state index is 0.267. The van der Waals surface area contributed by atoms with Crippen LogP contribution in [0, 0.1) is 11.3 Å². The highest BCUT2D eigenvalue weighted by molar-refractivity contribution is 5.91. The smallest absolute Gasteiger partial charge is 0.262 e. The van der Waals surface area contributed by atoms with Crippen molar-refractivity contribution in [2.24, 2.45) is 0 Å². The topological polar surface area (TPSA) is 106 Å². The number of benzene rings is 1. The van der Waals surface area contributed by atoms with Crippen LogP contribution in [-0.4, -0.2) is 22.0 Å². The van der Waals surface area contributed by atoms with Gasteiger partial charge in [0.1, 0.15) is 17.0 Å². The van der Waals surface area contributed by atoms with E-state index in [4.69, 9.17) is 5.26 Å². The van der Waals surface area contributed by atoms with E-state index in [9.17, 15) is 4.79 Å². The molecule has 2 heterocycles. The van der Waals surface area contributed by atoms with Gasteiger partial charge in [-0.25, -0.2) is 9.97 Å². The summed E-state index contributed by atoms with van der Waals surface area (Å²) in [5.74, 6) is 1.00. The molecule has 0 aliphatic carbocycles. The molecule has 1 aromatic carbocycles. The van der Waals surface area contributed by atoms with Crippen LogP contribution in [0.4, 0.5) is 17.3 Å². The second-order valence-electron chi connectivity index (χ2n) is 4.55. The van der Waals surface area contributed by atoms with Crippen LogP contribution in [0.25, 0.3) is 10.9 Å². The molecule has 0 spiro atoms. The van der Waals surface area contributed by atoms with E-state index in [0.29, 0.717) is 28.1 Å². The van der Waals surface area contributed by atoms with Gasteiger partial charge in [-0.05, 0) is 24.3 Å². The monoisotopic (exact) mass is 292 g/mol. The third kappa shape index (κ3) is 2.45. The maximum Gasteiger partial charge on any atom is 0.262 e. The lowest BCUT2D eigenvalue weighted by Gasteiger charge is -2.10. The van der Waals surface area contributed by atoms with Crippen LogP contribution in [0.5, 0.6) is 0 Å². The summed E-state index contributed by atoms with van der Waals surface area (Å²) in [7, 11) is 1.74. The Morgan fingerprint density at radius 1 is 1.27 bits per heavy atom. The van der Waals surface area contributed by atoms with Gasteiger partial charge in [-0.3, -0.25) is 4.79 Å². The Bertz CT molecular complexity index is 923. The number of pyridine rings is 1. The maximum atomic E-state index is 12.1. The molecule has 0 unspecified atom stereocenters. The lowest BCUT2D eigenvalue weighted by atomic mass is 10.2. The van der Waals surface area contributed by atoms with Crippen molar-refractivity contribution in [3.63, 3.8) is 0 Å². The summed E-state index contributed by atoms with van der Waals surface area (Å²) in [5.41, 5.74) is 1.56. The van der Waals surface area contributed by atoms with E-state index in [1.54, 1.807) is 37.4 Å². The summed E-state index contributed by atoms with van der Waals surface area (Å²) in [6, 6.07) is 10.6. The van der Waals surface area contributed by atoms with Gasteiger partial charge in [0, 0.05) is 18.8 Å². The second-order valence-corrected chi connectivity index (χ2v) is 4.55. The average Bonchev–Trinajstić information content (AvgIpc) is 2.55. The van der Waals surface area contributed by atoms with Crippen molar-refractivity contribution in [1.82, 2.24) is 15.0 Å². The minimum Gasteiger partial charge on any atom is -0.373 e. The minimum atomic E-state index is -0.267. The van der Waals surface area contributed by atoms with Gasteiger partial charge in [0.2, 0.25) is 0 Å². The number of hydrogen-bond acceptors (Lipinski definition) is 6. The fourth-order valence-corrected chi connectivity index (χ4v) is 2.07. The maximum absolute atomic E-state index is 12.1. The number of nitrogens with zero attached hydrogens (tertiary/aromatic N) is 3. The zero-order valence-corrected chi connectivity index (χ0v) is 11.7. The number of rotatable bonds is 3. The zero-order chi connectivity index (χ0) is 15.5. The van der Waals surface area contributed by atoms with Crippen molar-refractivity contribution in [1.29, 1.82) is 5.26 Å². The molecule has 2 aromatic heterocycles. The Kier molecular flexibility index (Phi) is 3.42. The summed E-state index contributed by atoms with van der Waals surface area (Å²) in [6.45, 7) is 0. The van der Waals surface area contributed by atoms with E-state index >= 15 is 0 Å². The van der Waals surface area contributed by atoms with E-state index in [2.05, 4.69) is 31.7 Å². The largest absolute Gasteiger partial charge is 0.373 e. The summed E-state index contributed by atoms with van der Waals surface area (Å²) in [5, 5.41) is 15.2. The fourth-order valence-electron chi connectivity index (χ4n) is 2.07. The summed E-state index contributed by atoms with van der Waals surface area (Å²) >= 11 is 0. The Hall–Kier alpha value is -3.40. The molecule has 7 nitrogen and oxygen atoms in total. The molecule has 0 atom stereocenters. The number of aromatic nitrogens is 3. The molecule has 3 aromatic rings. The molecule has 0 fully saturated rings. The highest BCUT2D eigenvalue weighted by Gasteiger charge is 2.10. The van der Waals surface area contributed by atoms with Crippen molar-refractivity contribution in [3.05, 3.63) is 52.6 Å². The number of nitriles is 1. The van der Waals surface area contributed by atoms with Crippen LogP contribution in [0.1, 0.15) is 5.56 Å². The van der Waals surface area contributed by atoms with Gasteiger partial charge in [-0.2, -0.15) is 5.26 Å². The highest BCUT2D eigenvalue weighted by Crippen LogP contribution is 2.23. The first-order valence-electron chi connectivity index (χ1n) is 6.54. The Morgan fingerprint density at radius 3 is 2.73 bits per heavy atom. The quantitative estimate of drug-likeness (QED) is 0.681. The SMILES string of the molecule is CNc1cc2nc[nH]c(=O)c2c(Nc2ccc(C#N)cc2)n1. The molecule has 108 valence electrons. The number of fused-ring (bicyclic) bond motifs is 1. The first-order chi connectivity index (χ1) is 10.7. The van der Waals surface area contributed by atoms with Gasteiger partial charge < -0.3 is 15.6 Å². The average molecular weight is 292 g/mol. The van der Waals surface area contributed by atoms with Crippen LogP contribution >= 0.6 is 0 Å². The van der Waals surface area contributed by atoms with E-state index < -0.39 is 0 Å². The van der Waals surface area contributed by atoms with Gasteiger partial charge >= 0.3 is 0 Å². The highest BCUT2D eigenvalue weighted by atomic mass is 16.1. The standard InChI is InChI=1S/C15H12N6O/c1-17-12-6-11-13(15(22)19-8-18-11)14(21-12)20-10-4-2-9(7-16)3-5-10/h2-6,8H,1H3,(H2,17,20,21)(H,18,19,22). The number of H-pyrrole nitrogens is 1. The van der Waals surface area contributed by atoms with Gasteiger partial charge in [0.15, 0.2) is 0 Å². The number of hydrogen-bond donors (Lipinski definition) is 3. The summed E-state index contributed by atoms with van der Waals surface area (Å²) in [4.78, 5) is 23.1. The first kappa shape index (κ1) is 13.6. The van der Waals surface area contributed by atoms with Crippen LogP contribution in [0.15, 0.2) is 41.5 Å². The van der Waals surface area contributed by atoms with E-state index in [1.165, 1.54) is 6.33 Å². The van der Waals surface area contributed by atoms with Gasteiger partial charge in [-0.1, -0.05) is 0 Å². The van der Waals surface area contributed by atoms with Gasteiger partial charge in [0.05, 0.1) is 23.5 Å². The Morgan fingerprint density at radius 2 is 2.05 bits per heavy atom. The Balaban J connectivity index is 2.12. The third-order valence-electron chi connectivity index (χ3n) is 3.16. The van der Waals surface area contributed by atoms with E-state index in [-0.39, 0.29) is 5.56 Å². The van der Waals surface area contributed by atoms with Crippen molar-refractivity contribution >= 4 is 28.2 Å². The zero-order valence-electron chi connectivity index (χ0n) is 11.7. The molecule has 0 bridgehead atoms. The summed E-state index contributed by atoms with van der Waals surface area (Å²) in [6.07, 6.45) is 1.36. The third-order valence-corrected chi connectivity index (χ3v) is 3.16. The molecule has 22 heavy (non-hydrogen) atoms. The number of nitrogens with one attached hydrogen (secondary N) is 3.